The van der Waals surface area contributed by atoms with Crippen LogP contribution in [0.1, 0.15) is 5.01 Å². The minimum absolute atomic E-state index is 0.0183. The van der Waals surface area contributed by atoms with Crippen molar-refractivity contribution in [1.82, 2.24) is 4.98 Å². The van der Waals surface area contributed by atoms with Crippen molar-refractivity contribution in [2.24, 2.45) is 0 Å². The summed E-state index contributed by atoms with van der Waals surface area (Å²) in [5.74, 6) is -0.489. The third-order valence-corrected chi connectivity index (χ3v) is 5.37. The number of nitrogens with zero attached hydrogens (tertiary/aromatic N) is 2. The van der Waals surface area contributed by atoms with Crippen LogP contribution in [0.2, 0.25) is 5.02 Å². The van der Waals surface area contributed by atoms with E-state index in [9.17, 15) is 9.65 Å². The van der Waals surface area contributed by atoms with Crippen LogP contribution in [0.5, 0.6) is 0 Å². The molecule has 0 aliphatic rings. The van der Waals surface area contributed by atoms with Gasteiger partial charge >= 0.3 is 0 Å². The van der Waals surface area contributed by atoms with E-state index in [-0.39, 0.29) is 5.02 Å². The first-order valence-corrected chi connectivity index (χ1v) is 9.67. The van der Waals surface area contributed by atoms with Crippen LogP contribution in [0.15, 0.2) is 72.2 Å². The van der Waals surface area contributed by atoms with Crippen LogP contribution in [0, 0.1) is 17.1 Å². The Morgan fingerprint density at radius 3 is 2.71 bits per heavy atom. The molecule has 3 nitrogen and oxygen atoms in total. The van der Waals surface area contributed by atoms with Crippen molar-refractivity contribution in [2.45, 2.75) is 0 Å². The molecule has 28 heavy (non-hydrogen) atoms. The molecular formula is C22H13ClFN3S. The Hall–Kier alpha value is -3.20. The maximum absolute atomic E-state index is 13.3. The van der Waals surface area contributed by atoms with Crippen LogP contribution in [0.4, 0.5) is 10.1 Å². The number of thiazole rings is 1. The van der Waals surface area contributed by atoms with E-state index in [2.05, 4.69) is 40.6 Å². The molecule has 0 bridgehead atoms. The predicted octanol–water partition coefficient (Wildman–Crippen LogP) is 6.73. The van der Waals surface area contributed by atoms with Crippen LogP contribution >= 0.6 is 22.9 Å². The molecule has 3 aromatic carbocycles. The van der Waals surface area contributed by atoms with Crippen LogP contribution in [0.25, 0.3) is 27.6 Å². The van der Waals surface area contributed by atoms with Gasteiger partial charge in [-0.15, -0.1) is 11.3 Å². The smallest absolute Gasteiger partial charge is 0.141 e. The molecule has 0 aliphatic carbocycles. The molecule has 136 valence electrons. The summed E-state index contributed by atoms with van der Waals surface area (Å²) in [6, 6.07) is 20.7. The molecule has 1 heterocycles. The van der Waals surface area contributed by atoms with Crippen LogP contribution in [-0.4, -0.2) is 4.98 Å². The highest BCUT2D eigenvalue weighted by atomic mass is 35.5. The van der Waals surface area contributed by atoms with E-state index in [1.54, 1.807) is 12.3 Å². The standard InChI is InChI=1S/C22H13ClFN3S/c23-19-10-18(7-8-20(19)24)26-12-17(11-25)22-27-21(13-28-22)16-6-5-14-3-1-2-4-15(14)9-16/h1-10,12-13,26H/b17-12+. The van der Waals surface area contributed by atoms with E-state index in [0.29, 0.717) is 16.3 Å². The Morgan fingerprint density at radius 2 is 1.93 bits per heavy atom. The molecule has 0 fully saturated rings. The molecule has 0 saturated carbocycles. The van der Waals surface area contributed by atoms with Crippen molar-refractivity contribution in [1.29, 1.82) is 5.26 Å². The number of hydrogen-bond acceptors (Lipinski definition) is 4. The number of halogens is 2. The lowest BCUT2D eigenvalue weighted by Crippen LogP contribution is -1.92. The minimum atomic E-state index is -0.489. The highest BCUT2D eigenvalue weighted by Gasteiger charge is 2.10. The van der Waals surface area contributed by atoms with E-state index in [1.807, 2.05) is 23.6 Å². The second-order valence-electron chi connectivity index (χ2n) is 6.04. The highest BCUT2D eigenvalue weighted by Crippen LogP contribution is 2.28. The molecule has 0 atom stereocenters. The van der Waals surface area contributed by atoms with Crippen LogP contribution in [0.3, 0.4) is 0 Å². The normalized spacial score (nSPS) is 11.4. The lowest BCUT2D eigenvalue weighted by Gasteiger charge is -2.03. The highest BCUT2D eigenvalue weighted by molar-refractivity contribution is 7.11. The number of nitrogens with one attached hydrogen (secondary N) is 1. The fraction of sp³-hybridized carbons (Fsp3) is 0. The number of aromatic nitrogens is 1. The van der Waals surface area contributed by atoms with Gasteiger partial charge in [0, 0.05) is 22.8 Å². The van der Waals surface area contributed by atoms with Crippen molar-refractivity contribution >= 4 is 45.0 Å². The van der Waals surface area contributed by atoms with Gasteiger partial charge in [-0.05, 0) is 35.0 Å². The molecule has 4 rings (SSSR count). The monoisotopic (exact) mass is 405 g/mol. The Labute approximate surface area is 170 Å². The number of fused-ring (bicyclic) bond motifs is 1. The number of rotatable bonds is 4. The Kier molecular flexibility index (Phi) is 5.07. The quantitative estimate of drug-likeness (QED) is 0.383. The molecule has 0 unspecified atom stereocenters. The zero-order valence-corrected chi connectivity index (χ0v) is 16.1. The van der Waals surface area contributed by atoms with Gasteiger partial charge in [0.05, 0.1) is 10.7 Å². The Bertz CT molecular complexity index is 1240. The van der Waals surface area contributed by atoms with Crippen LogP contribution < -0.4 is 5.32 Å². The minimum Gasteiger partial charge on any atom is -0.360 e. The van der Waals surface area contributed by atoms with Gasteiger partial charge < -0.3 is 5.32 Å². The van der Waals surface area contributed by atoms with E-state index in [0.717, 1.165) is 16.6 Å². The lowest BCUT2D eigenvalue weighted by atomic mass is 10.1. The Balaban J connectivity index is 1.60. The van der Waals surface area contributed by atoms with E-state index < -0.39 is 5.82 Å². The van der Waals surface area contributed by atoms with Crippen molar-refractivity contribution in [3.8, 4) is 17.3 Å². The van der Waals surface area contributed by atoms with Gasteiger partial charge in [0.15, 0.2) is 0 Å². The largest absolute Gasteiger partial charge is 0.360 e. The molecule has 0 spiro atoms. The van der Waals surface area contributed by atoms with Gasteiger partial charge in [0.1, 0.15) is 22.5 Å². The van der Waals surface area contributed by atoms with Gasteiger partial charge in [-0.1, -0.05) is 48.0 Å². The first-order valence-electron chi connectivity index (χ1n) is 8.41. The van der Waals surface area contributed by atoms with Gasteiger partial charge in [-0.3, -0.25) is 0 Å². The van der Waals surface area contributed by atoms with E-state index in [4.69, 9.17) is 11.6 Å². The summed E-state index contributed by atoms with van der Waals surface area (Å²) in [6.45, 7) is 0. The SMILES string of the molecule is N#C/C(=C\Nc1ccc(F)c(Cl)c1)c1nc(-c2ccc3ccccc3c2)cs1. The number of nitriles is 1. The summed E-state index contributed by atoms with van der Waals surface area (Å²) >= 11 is 7.18. The number of anilines is 1. The number of allylic oxidation sites excluding steroid dienone is 1. The van der Waals surface area contributed by atoms with Crippen molar-refractivity contribution in [3.63, 3.8) is 0 Å². The average Bonchev–Trinajstić information content (AvgIpc) is 3.21. The third-order valence-electron chi connectivity index (χ3n) is 4.20. The molecule has 6 heteroatoms. The maximum atomic E-state index is 13.3. The summed E-state index contributed by atoms with van der Waals surface area (Å²) in [5, 5.41) is 17.3. The van der Waals surface area contributed by atoms with Gasteiger partial charge in [0.25, 0.3) is 0 Å². The molecule has 0 aliphatic heterocycles. The molecule has 0 radical (unpaired) electrons. The fourth-order valence-corrected chi connectivity index (χ4v) is 3.74. The fourth-order valence-electron chi connectivity index (χ4n) is 2.76. The summed E-state index contributed by atoms with van der Waals surface area (Å²) in [4.78, 5) is 4.60. The van der Waals surface area contributed by atoms with Gasteiger partial charge in [0.2, 0.25) is 0 Å². The molecule has 1 N–H and O–H groups in total. The average molecular weight is 406 g/mol. The van der Waals surface area contributed by atoms with Crippen molar-refractivity contribution < 1.29 is 4.39 Å². The third kappa shape index (κ3) is 3.74. The second-order valence-corrected chi connectivity index (χ2v) is 7.31. The second kappa shape index (κ2) is 7.81. The summed E-state index contributed by atoms with van der Waals surface area (Å²) in [7, 11) is 0. The molecular weight excluding hydrogens is 393 g/mol. The van der Waals surface area contributed by atoms with Gasteiger partial charge in [-0.25, -0.2) is 9.37 Å². The first kappa shape index (κ1) is 18.2. The molecule has 4 aromatic rings. The van der Waals surface area contributed by atoms with Gasteiger partial charge in [-0.2, -0.15) is 5.26 Å². The number of benzene rings is 3. The van der Waals surface area contributed by atoms with Crippen LogP contribution in [-0.2, 0) is 0 Å². The summed E-state index contributed by atoms with van der Waals surface area (Å²) < 4.78 is 13.3. The predicted molar refractivity (Wildman–Crippen MR) is 114 cm³/mol. The first-order chi connectivity index (χ1) is 13.6. The van der Waals surface area contributed by atoms with E-state index in [1.165, 1.54) is 28.9 Å². The Morgan fingerprint density at radius 1 is 1.11 bits per heavy atom. The molecule has 0 amide bonds. The zero-order valence-electron chi connectivity index (χ0n) is 14.5. The lowest BCUT2D eigenvalue weighted by molar-refractivity contribution is 0.628. The number of hydrogen-bond donors (Lipinski definition) is 1. The van der Waals surface area contributed by atoms with Crippen molar-refractivity contribution in [3.05, 3.63) is 88.1 Å². The molecule has 1 aromatic heterocycles. The zero-order chi connectivity index (χ0) is 19.5. The maximum Gasteiger partial charge on any atom is 0.141 e. The molecule has 0 saturated heterocycles. The summed E-state index contributed by atoms with van der Waals surface area (Å²) in [5.41, 5.74) is 2.79. The topological polar surface area (TPSA) is 48.7 Å². The van der Waals surface area contributed by atoms with E-state index >= 15 is 0 Å². The summed E-state index contributed by atoms with van der Waals surface area (Å²) in [6.07, 6.45) is 1.55. The van der Waals surface area contributed by atoms with Crippen molar-refractivity contribution in [2.75, 3.05) is 5.32 Å².